The molecule has 4 N–H and O–H groups in total. The average Bonchev–Trinajstić information content (AvgIpc) is 2.40. The fourth-order valence-corrected chi connectivity index (χ4v) is 2.06. The summed E-state index contributed by atoms with van der Waals surface area (Å²) in [5, 5.41) is 5.97. The lowest BCUT2D eigenvalue weighted by Gasteiger charge is -2.22. The molecule has 1 aromatic rings. The summed E-state index contributed by atoms with van der Waals surface area (Å²) in [5.41, 5.74) is 6.19. The van der Waals surface area contributed by atoms with Gasteiger partial charge >= 0.3 is 0 Å². The van der Waals surface area contributed by atoms with Crippen LogP contribution in [0.4, 0.5) is 5.69 Å². The van der Waals surface area contributed by atoms with Crippen molar-refractivity contribution in [3.63, 3.8) is 0 Å². The second kappa shape index (κ2) is 7.11. The zero-order valence-electron chi connectivity index (χ0n) is 10.5. The Hall–Kier alpha value is -1.59. The number of primary amides is 1. The highest BCUT2D eigenvalue weighted by molar-refractivity contribution is 5.97. The molecule has 0 aromatic heterocycles. The normalized spacial score (nSPS) is 18.2. The first-order chi connectivity index (χ1) is 8.66. The summed E-state index contributed by atoms with van der Waals surface area (Å²) in [6, 6.07) is 6.51. The highest BCUT2D eigenvalue weighted by atomic mass is 35.5. The second-order valence-electron chi connectivity index (χ2n) is 4.44. The number of nitrogens with one attached hydrogen (secondary N) is 2. The highest BCUT2D eigenvalue weighted by Crippen LogP contribution is 2.13. The van der Waals surface area contributed by atoms with Crippen LogP contribution in [0.2, 0.25) is 0 Å². The third-order valence-corrected chi connectivity index (χ3v) is 3.04. The summed E-state index contributed by atoms with van der Waals surface area (Å²) >= 11 is 0. The van der Waals surface area contributed by atoms with Gasteiger partial charge in [0.2, 0.25) is 11.8 Å². The fourth-order valence-electron chi connectivity index (χ4n) is 2.06. The van der Waals surface area contributed by atoms with Crippen molar-refractivity contribution in [2.24, 2.45) is 5.73 Å². The lowest BCUT2D eigenvalue weighted by molar-refractivity contribution is -0.118. The highest BCUT2D eigenvalue weighted by Gasteiger charge is 2.20. The van der Waals surface area contributed by atoms with E-state index in [1.165, 1.54) is 0 Å². The van der Waals surface area contributed by atoms with Gasteiger partial charge in [0, 0.05) is 11.3 Å². The van der Waals surface area contributed by atoms with Gasteiger partial charge in [0.25, 0.3) is 0 Å². The molecule has 1 aromatic carbocycles. The SMILES string of the molecule is Cl.NC(=O)c1cccc(NC(=O)[C@@H]2CCCCN2)c1. The van der Waals surface area contributed by atoms with Gasteiger partial charge in [-0.25, -0.2) is 0 Å². The number of nitrogens with two attached hydrogens (primary N) is 1. The van der Waals surface area contributed by atoms with Crippen molar-refractivity contribution in [1.29, 1.82) is 0 Å². The molecule has 104 valence electrons. The van der Waals surface area contributed by atoms with Crippen LogP contribution in [-0.4, -0.2) is 24.4 Å². The van der Waals surface area contributed by atoms with E-state index in [1.807, 2.05) is 0 Å². The third kappa shape index (κ3) is 4.22. The Bertz CT molecular complexity index is 459. The van der Waals surface area contributed by atoms with Gasteiger partial charge in [-0.05, 0) is 37.6 Å². The molecule has 1 aliphatic heterocycles. The van der Waals surface area contributed by atoms with Gasteiger partial charge in [-0.1, -0.05) is 12.5 Å². The molecule has 1 fully saturated rings. The standard InChI is InChI=1S/C13H17N3O2.ClH/c14-12(17)9-4-3-5-10(8-9)16-13(18)11-6-1-2-7-15-11;/h3-5,8,11,15H,1-2,6-7H2,(H2,14,17)(H,16,18);1H/t11-;/m0./s1. The van der Waals surface area contributed by atoms with E-state index >= 15 is 0 Å². The Labute approximate surface area is 118 Å². The van der Waals surface area contributed by atoms with Crippen molar-refractivity contribution < 1.29 is 9.59 Å². The summed E-state index contributed by atoms with van der Waals surface area (Å²) < 4.78 is 0. The molecule has 1 atom stereocenters. The van der Waals surface area contributed by atoms with E-state index in [1.54, 1.807) is 24.3 Å². The van der Waals surface area contributed by atoms with E-state index in [9.17, 15) is 9.59 Å². The van der Waals surface area contributed by atoms with Crippen LogP contribution >= 0.6 is 12.4 Å². The molecule has 0 unspecified atom stereocenters. The predicted octanol–water partition coefficient (Wildman–Crippen LogP) is 1.29. The summed E-state index contributed by atoms with van der Waals surface area (Å²) in [7, 11) is 0. The van der Waals surface area contributed by atoms with Crippen molar-refractivity contribution in [2.45, 2.75) is 25.3 Å². The maximum Gasteiger partial charge on any atom is 0.248 e. The van der Waals surface area contributed by atoms with E-state index in [-0.39, 0.29) is 24.4 Å². The number of anilines is 1. The maximum absolute atomic E-state index is 12.0. The number of carbonyl (C=O) groups excluding carboxylic acids is 2. The fraction of sp³-hybridized carbons (Fsp3) is 0.385. The second-order valence-corrected chi connectivity index (χ2v) is 4.44. The van der Waals surface area contributed by atoms with Crippen molar-refractivity contribution in [2.75, 3.05) is 11.9 Å². The molecule has 0 aliphatic carbocycles. The van der Waals surface area contributed by atoms with Crippen LogP contribution in [0.25, 0.3) is 0 Å². The van der Waals surface area contributed by atoms with Crippen LogP contribution in [0.15, 0.2) is 24.3 Å². The molecule has 1 heterocycles. The van der Waals surface area contributed by atoms with Gasteiger partial charge in [-0.3, -0.25) is 9.59 Å². The molecule has 0 bridgehead atoms. The molecular weight excluding hydrogens is 266 g/mol. The minimum absolute atomic E-state index is 0. The minimum Gasteiger partial charge on any atom is -0.366 e. The zero-order chi connectivity index (χ0) is 13.0. The monoisotopic (exact) mass is 283 g/mol. The minimum atomic E-state index is -0.498. The molecule has 0 spiro atoms. The molecule has 1 saturated heterocycles. The van der Waals surface area contributed by atoms with Gasteiger partial charge in [0.05, 0.1) is 6.04 Å². The number of amides is 2. The molecule has 2 rings (SSSR count). The lowest BCUT2D eigenvalue weighted by atomic mass is 10.0. The van der Waals surface area contributed by atoms with E-state index in [0.29, 0.717) is 11.3 Å². The van der Waals surface area contributed by atoms with Crippen molar-refractivity contribution >= 4 is 29.9 Å². The van der Waals surface area contributed by atoms with Gasteiger partial charge < -0.3 is 16.4 Å². The van der Waals surface area contributed by atoms with Crippen LogP contribution in [-0.2, 0) is 4.79 Å². The van der Waals surface area contributed by atoms with Crippen molar-refractivity contribution in [3.8, 4) is 0 Å². The summed E-state index contributed by atoms with van der Waals surface area (Å²) in [6.07, 6.45) is 3.02. The summed E-state index contributed by atoms with van der Waals surface area (Å²) in [6.45, 7) is 0.874. The molecule has 1 aliphatic rings. The number of piperidine rings is 1. The average molecular weight is 284 g/mol. The lowest BCUT2D eigenvalue weighted by Crippen LogP contribution is -2.43. The topological polar surface area (TPSA) is 84.2 Å². The van der Waals surface area contributed by atoms with Crippen LogP contribution < -0.4 is 16.4 Å². The van der Waals surface area contributed by atoms with Crippen LogP contribution in [0.5, 0.6) is 0 Å². The van der Waals surface area contributed by atoms with Gasteiger partial charge in [0.1, 0.15) is 0 Å². The van der Waals surface area contributed by atoms with E-state index in [0.717, 1.165) is 25.8 Å². The number of hydrogen-bond acceptors (Lipinski definition) is 3. The number of rotatable bonds is 3. The first-order valence-corrected chi connectivity index (χ1v) is 6.11. The van der Waals surface area contributed by atoms with Gasteiger partial charge in [-0.2, -0.15) is 0 Å². The number of hydrogen-bond donors (Lipinski definition) is 3. The van der Waals surface area contributed by atoms with Crippen LogP contribution in [0, 0.1) is 0 Å². The predicted molar refractivity (Wildman–Crippen MR) is 76.5 cm³/mol. The molecular formula is C13H18ClN3O2. The molecule has 0 saturated carbocycles. The van der Waals surface area contributed by atoms with Crippen LogP contribution in [0.3, 0.4) is 0 Å². The Balaban J connectivity index is 0.00000180. The summed E-state index contributed by atoms with van der Waals surface area (Å²) in [5.74, 6) is -0.557. The van der Waals surface area contributed by atoms with Crippen molar-refractivity contribution in [1.82, 2.24) is 5.32 Å². The first kappa shape index (κ1) is 15.5. The molecule has 19 heavy (non-hydrogen) atoms. The summed E-state index contributed by atoms with van der Waals surface area (Å²) in [4.78, 5) is 23.0. The Kier molecular flexibility index (Phi) is 5.79. The third-order valence-electron chi connectivity index (χ3n) is 3.04. The zero-order valence-corrected chi connectivity index (χ0v) is 11.3. The molecule has 2 amide bonds. The van der Waals surface area contributed by atoms with E-state index in [4.69, 9.17) is 5.73 Å². The molecule has 5 nitrogen and oxygen atoms in total. The maximum atomic E-state index is 12.0. The number of carbonyl (C=O) groups is 2. The van der Waals surface area contributed by atoms with Crippen molar-refractivity contribution in [3.05, 3.63) is 29.8 Å². The Morgan fingerprint density at radius 1 is 1.32 bits per heavy atom. The quantitative estimate of drug-likeness (QED) is 0.781. The van der Waals surface area contributed by atoms with Gasteiger partial charge in [0.15, 0.2) is 0 Å². The van der Waals surface area contributed by atoms with E-state index < -0.39 is 5.91 Å². The molecule has 0 radical (unpaired) electrons. The Morgan fingerprint density at radius 2 is 2.11 bits per heavy atom. The first-order valence-electron chi connectivity index (χ1n) is 6.11. The Morgan fingerprint density at radius 3 is 2.74 bits per heavy atom. The largest absolute Gasteiger partial charge is 0.366 e. The van der Waals surface area contributed by atoms with Crippen LogP contribution in [0.1, 0.15) is 29.6 Å². The smallest absolute Gasteiger partial charge is 0.248 e. The number of halogens is 1. The van der Waals surface area contributed by atoms with E-state index in [2.05, 4.69) is 10.6 Å². The number of benzene rings is 1. The molecule has 6 heteroatoms. The van der Waals surface area contributed by atoms with Gasteiger partial charge in [-0.15, -0.1) is 12.4 Å².